The maximum Gasteiger partial charge on any atom is 0.500 e. The second-order valence-corrected chi connectivity index (χ2v) is 8.47. The lowest BCUT2D eigenvalue weighted by Gasteiger charge is -2.28. The van der Waals surface area contributed by atoms with Crippen molar-refractivity contribution in [2.75, 3.05) is 26.4 Å². The molecule has 22 heavy (non-hydrogen) atoms. The van der Waals surface area contributed by atoms with Gasteiger partial charge in [-0.15, -0.1) is 11.3 Å². The van der Waals surface area contributed by atoms with Crippen molar-refractivity contribution >= 4 is 20.1 Å². The summed E-state index contributed by atoms with van der Waals surface area (Å²) in [4.78, 5) is 0. The zero-order valence-electron chi connectivity index (χ0n) is 14.1. The van der Waals surface area contributed by atoms with Gasteiger partial charge in [0.05, 0.1) is 6.61 Å². The standard InChI is InChI=1S/C16H30O4SSi/c1-4-18-22(19-5-2,20-6-3)14-10-8-7-9-12-17-16-11-13-21-15-16/h11,13,15H,4-10,12,14H2,1-3H3. The van der Waals surface area contributed by atoms with Gasteiger partial charge in [0.15, 0.2) is 0 Å². The molecule has 1 rings (SSSR count). The molecule has 0 N–H and O–H groups in total. The number of unbranched alkanes of at least 4 members (excludes halogenated alkanes) is 3. The quantitative estimate of drug-likeness (QED) is 0.360. The Morgan fingerprint density at radius 2 is 1.55 bits per heavy atom. The molecule has 0 radical (unpaired) electrons. The van der Waals surface area contributed by atoms with Gasteiger partial charge >= 0.3 is 8.80 Å². The molecule has 0 unspecified atom stereocenters. The van der Waals surface area contributed by atoms with Crippen molar-refractivity contribution in [1.82, 2.24) is 0 Å². The molecule has 0 aliphatic carbocycles. The first-order valence-corrected chi connectivity index (χ1v) is 11.2. The van der Waals surface area contributed by atoms with E-state index >= 15 is 0 Å². The second kappa shape index (κ2) is 12.1. The van der Waals surface area contributed by atoms with E-state index in [-0.39, 0.29) is 0 Å². The van der Waals surface area contributed by atoms with E-state index in [1.54, 1.807) is 11.3 Å². The second-order valence-electron chi connectivity index (χ2n) is 4.95. The lowest BCUT2D eigenvalue weighted by Crippen LogP contribution is -2.45. The maximum absolute atomic E-state index is 5.86. The van der Waals surface area contributed by atoms with Gasteiger partial charge in [-0.2, -0.15) is 0 Å². The summed E-state index contributed by atoms with van der Waals surface area (Å²) in [5.74, 6) is 0.987. The Bertz CT molecular complexity index is 342. The Hall–Kier alpha value is -0.403. The molecule has 0 aromatic carbocycles. The molecular weight excluding hydrogens is 316 g/mol. The highest BCUT2D eigenvalue weighted by molar-refractivity contribution is 7.08. The molecule has 1 heterocycles. The van der Waals surface area contributed by atoms with E-state index in [0.717, 1.165) is 37.7 Å². The van der Waals surface area contributed by atoms with Gasteiger partial charge in [0.1, 0.15) is 5.75 Å². The van der Waals surface area contributed by atoms with Crippen LogP contribution in [0.2, 0.25) is 6.04 Å². The van der Waals surface area contributed by atoms with Crippen LogP contribution in [0.5, 0.6) is 5.75 Å². The molecule has 0 spiro atoms. The van der Waals surface area contributed by atoms with Crippen LogP contribution in [0.3, 0.4) is 0 Å². The van der Waals surface area contributed by atoms with Crippen LogP contribution in [0, 0.1) is 0 Å². The van der Waals surface area contributed by atoms with Crippen LogP contribution in [0.15, 0.2) is 16.8 Å². The Kier molecular flexibility index (Phi) is 10.8. The Morgan fingerprint density at radius 3 is 2.09 bits per heavy atom. The van der Waals surface area contributed by atoms with Crippen molar-refractivity contribution in [3.8, 4) is 5.75 Å². The normalized spacial score (nSPS) is 11.8. The summed E-state index contributed by atoms with van der Waals surface area (Å²) in [6.07, 6.45) is 4.50. The number of rotatable bonds is 14. The zero-order valence-corrected chi connectivity index (χ0v) is 16.0. The average molecular weight is 347 g/mol. The predicted molar refractivity (Wildman–Crippen MR) is 93.7 cm³/mol. The third-order valence-electron chi connectivity index (χ3n) is 3.23. The Labute approximate surface area is 140 Å². The molecule has 0 fully saturated rings. The smallest absolute Gasteiger partial charge is 0.493 e. The number of hydrogen-bond acceptors (Lipinski definition) is 5. The van der Waals surface area contributed by atoms with Gasteiger partial charge in [-0.3, -0.25) is 0 Å². The molecule has 1 aromatic rings. The first kappa shape index (κ1) is 19.6. The minimum absolute atomic E-state index is 0.653. The van der Waals surface area contributed by atoms with Crippen LogP contribution >= 0.6 is 11.3 Å². The molecule has 128 valence electrons. The minimum Gasteiger partial charge on any atom is -0.493 e. The van der Waals surface area contributed by atoms with Gasteiger partial charge < -0.3 is 18.0 Å². The molecule has 0 aliphatic rings. The molecule has 4 nitrogen and oxygen atoms in total. The highest BCUT2D eigenvalue weighted by atomic mass is 32.1. The van der Waals surface area contributed by atoms with Crippen molar-refractivity contribution in [2.24, 2.45) is 0 Å². The topological polar surface area (TPSA) is 36.9 Å². The van der Waals surface area contributed by atoms with Gasteiger partial charge in [0.2, 0.25) is 0 Å². The third kappa shape index (κ3) is 7.74. The number of thiophene rings is 1. The fraction of sp³-hybridized carbons (Fsp3) is 0.750. The van der Waals surface area contributed by atoms with Gasteiger partial charge in [0, 0.05) is 31.2 Å². The van der Waals surface area contributed by atoms with Crippen molar-refractivity contribution in [3.63, 3.8) is 0 Å². The fourth-order valence-electron chi connectivity index (χ4n) is 2.32. The lowest BCUT2D eigenvalue weighted by molar-refractivity contribution is 0.0706. The van der Waals surface area contributed by atoms with Gasteiger partial charge in [-0.25, -0.2) is 0 Å². The predicted octanol–water partition coefficient (Wildman–Crippen LogP) is 4.74. The van der Waals surface area contributed by atoms with Crippen molar-refractivity contribution in [3.05, 3.63) is 16.8 Å². The van der Waals surface area contributed by atoms with Gasteiger partial charge in [-0.05, 0) is 45.1 Å². The molecule has 0 saturated heterocycles. The van der Waals surface area contributed by atoms with Gasteiger partial charge in [-0.1, -0.05) is 12.8 Å². The van der Waals surface area contributed by atoms with E-state index in [0.29, 0.717) is 19.8 Å². The SMILES string of the molecule is CCO[Si](CCCCCCOc1ccsc1)(OCC)OCC. The molecule has 0 bridgehead atoms. The number of hydrogen-bond donors (Lipinski definition) is 0. The first-order valence-electron chi connectivity index (χ1n) is 8.33. The van der Waals surface area contributed by atoms with Crippen molar-refractivity contribution in [2.45, 2.75) is 52.5 Å². The summed E-state index contributed by atoms with van der Waals surface area (Å²) in [6.45, 7) is 8.76. The molecule has 0 atom stereocenters. The summed E-state index contributed by atoms with van der Waals surface area (Å²) in [5, 5.41) is 4.07. The van der Waals surface area contributed by atoms with Crippen LogP contribution in [-0.4, -0.2) is 35.2 Å². The molecule has 0 amide bonds. The number of ether oxygens (including phenoxy) is 1. The Morgan fingerprint density at radius 1 is 0.909 bits per heavy atom. The summed E-state index contributed by atoms with van der Waals surface area (Å²) in [6, 6.07) is 2.92. The van der Waals surface area contributed by atoms with Crippen molar-refractivity contribution < 1.29 is 18.0 Å². The summed E-state index contributed by atoms with van der Waals surface area (Å²) in [7, 11) is -2.44. The average Bonchev–Trinajstić information content (AvgIpc) is 3.00. The summed E-state index contributed by atoms with van der Waals surface area (Å²) in [5.41, 5.74) is 0. The third-order valence-corrected chi connectivity index (χ3v) is 7.05. The zero-order chi connectivity index (χ0) is 16.1. The lowest BCUT2D eigenvalue weighted by atomic mass is 10.2. The largest absolute Gasteiger partial charge is 0.500 e. The van der Waals surface area contributed by atoms with E-state index < -0.39 is 8.80 Å². The van der Waals surface area contributed by atoms with Crippen LogP contribution < -0.4 is 4.74 Å². The Balaban J connectivity index is 2.15. The molecule has 6 heteroatoms. The fourth-order valence-corrected chi connectivity index (χ4v) is 5.58. The molecule has 1 aromatic heterocycles. The molecule has 0 aliphatic heterocycles. The monoisotopic (exact) mass is 346 g/mol. The van der Waals surface area contributed by atoms with E-state index in [1.165, 1.54) is 6.42 Å². The van der Waals surface area contributed by atoms with E-state index in [1.807, 2.05) is 37.6 Å². The van der Waals surface area contributed by atoms with E-state index in [9.17, 15) is 0 Å². The van der Waals surface area contributed by atoms with E-state index in [4.69, 9.17) is 18.0 Å². The van der Waals surface area contributed by atoms with Crippen LogP contribution in [0.25, 0.3) is 0 Å². The summed E-state index contributed by atoms with van der Waals surface area (Å²) < 4.78 is 23.2. The molecule has 0 saturated carbocycles. The summed E-state index contributed by atoms with van der Waals surface area (Å²) >= 11 is 1.67. The van der Waals surface area contributed by atoms with Crippen LogP contribution in [0.1, 0.15) is 46.5 Å². The maximum atomic E-state index is 5.86. The van der Waals surface area contributed by atoms with Crippen molar-refractivity contribution in [1.29, 1.82) is 0 Å². The first-order chi connectivity index (χ1) is 10.8. The van der Waals surface area contributed by atoms with Crippen LogP contribution in [-0.2, 0) is 13.3 Å². The highest BCUT2D eigenvalue weighted by Gasteiger charge is 2.39. The minimum atomic E-state index is -2.44. The van der Waals surface area contributed by atoms with Crippen LogP contribution in [0.4, 0.5) is 0 Å². The molecular formula is C16H30O4SSi. The highest BCUT2D eigenvalue weighted by Crippen LogP contribution is 2.20. The van der Waals surface area contributed by atoms with E-state index in [2.05, 4.69) is 0 Å². The van der Waals surface area contributed by atoms with Gasteiger partial charge in [0.25, 0.3) is 0 Å².